The summed E-state index contributed by atoms with van der Waals surface area (Å²) in [4.78, 5) is 14.2. The average molecular weight is 303 g/mol. The molecule has 2 N–H and O–H groups in total. The van der Waals surface area contributed by atoms with Crippen LogP contribution in [0.15, 0.2) is 59.4 Å². The van der Waals surface area contributed by atoms with Gasteiger partial charge >= 0.3 is 0 Å². The Morgan fingerprint density at radius 3 is 2.61 bits per heavy atom. The third kappa shape index (κ3) is 2.66. The zero-order chi connectivity index (χ0) is 15.8. The number of aromatic hydroxyl groups is 1. The van der Waals surface area contributed by atoms with Crippen molar-refractivity contribution >= 4 is 0 Å². The van der Waals surface area contributed by atoms with Crippen molar-refractivity contribution in [2.24, 2.45) is 0 Å². The van der Waals surface area contributed by atoms with Gasteiger partial charge in [0.2, 0.25) is 0 Å². The SMILES string of the molecule is O=c1cc(O)cc(CCc2ccc3c(c2)Cc2ccccc2-3)[nH]1. The van der Waals surface area contributed by atoms with E-state index in [1.165, 1.54) is 33.9 Å². The van der Waals surface area contributed by atoms with Crippen LogP contribution >= 0.6 is 0 Å². The van der Waals surface area contributed by atoms with E-state index in [0.717, 1.165) is 18.5 Å². The number of fused-ring (bicyclic) bond motifs is 3. The van der Waals surface area contributed by atoms with E-state index in [9.17, 15) is 9.90 Å². The van der Waals surface area contributed by atoms with Crippen LogP contribution in [-0.4, -0.2) is 10.1 Å². The predicted molar refractivity (Wildman–Crippen MR) is 90.8 cm³/mol. The molecule has 114 valence electrons. The number of aryl methyl sites for hydroxylation is 2. The van der Waals surface area contributed by atoms with Crippen LogP contribution in [0.1, 0.15) is 22.4 Å². The molecule has 0 atom stereocenters. The monoisotopic (exact) mass is 303 g/mol. The van der Waals surface area contributed by atoms with Crippen LogP contribution < -0.4 is 5.56 Å². The largest absolute Gasteiger partial charge is 0.508 e. The highest BCUT2D eigenvalue weighted by Gasteiger charge is 2.17. The molecule has 3 aromatic rings. The van der Waals surface area contributed by atoms with Crippen molar-refractivity contribution in [2.75, 3.05) is 0 Å². The first-order valence-electron chi connectivity index (χ1n) is 7.81. The molecular formula is C20H17NO2. The summed E-state index contributed by atoms with van der Waals surface area (Å²) in [5.41, 5.74) is 7.18. The van der Waals surface area contributed by atoms with Gasteiger partial charge in [-0.2, -0.15) is 0 Å². The summed E-state index contributed by atoms with van der Waals surface area (Å²) >= 11 is 0. The summed E-state index contributed by atoms with van der Waals surface area (Å²) in [7, 11) is 0. The maximum atomic E-state index is 11.4. The van der Waals surface area contributed by atoms with Crippen LogP contribution in [0.5, 0.6) is 5.75 Å². The smallest absolute Gasteiger partial charge is 0.251 e. The molecule has 1 heterocycles. The average Bonchev–Trinajstić information content (AvgIpc) is 2.89. The lowest BCUT2D eigenvalue weighted by Gasteiger charge is -2.06. The van der Waals surface area contributed by atoms with Gasteiger partial charge in [-0.1, -0.05) is 42.5 Å². The van der Waals surface area contributed by atoms with Crippen molar-refractivity contribution in [3.05, 3.63) is 87.3 Å². The standard InChI is InChI=1S/C20H17NO2/c22-17-11-16(21-20(23)12-17)7-5-13-6-8-19-15(9-13)10-14-3-1-2-4-18(14)19/h1-4,6,8-9,11-12H,5,7,10H2,(H2,21,22,23). The highest BCUT2D eigenvalue weighted by atomic mass is 16.3. The minimum absolute atomic E-state index is 0.0214. The second-order valence-electron chi connectivity index (χ2n) is 6.05. The second-order valence-corrected chi connectivity index (χ2v) is 6.05. The van der Waals surface area contributed by atoms with Crippen LogP contribution in [0.3, 0.4) is 0 Å². The van der Waals surface area contributed by atoms with Gasteiger partial charge in [0.1, 0.15) is 5.75 Å². The molecule has 1 aliphatic carbocycles. The lowest BCUT2D eigenvalue weighted by atomic mass is 10.0. The van der Waals surface area contributed by atoms with E-state index < -0.39 is 0 Å². The maximum absolute atomic E-state index is 11.4. The third-order valence-corrected chi connectivity index (χ3v) is 4.43. The highest BCUT2D eigenvalue weighted by molar-refractivity contribution is 5.76. The van der Waals surface area contributed by atoms with Crippen LogP contribution in [0.25, 0.3) is 11.1 Å². The third-order valence-electron chi connectivity index (χ3n) is 4.43. The zero-order valence-corrected chi connectivity index (χ0v) is 12.7. The Labute approximate surface area is 134 Å². The van der Waals surface area contributed by atoms with E-state index in [0.29, 0.717) is 6.42 Å². The van der Waals surface area contributed by atoms with Gasteiger partial charge < -0.3 is 10.1 Å². The number of nitrogens with one attached hydrogen (secondary N) is 1. The van der Waals surface area contributed by atoms with Gasteiger partial charge in [0, 0.05) is 11.8 Å². The Morgan fingerprint density at radius 1 is 0.913 bits per heavy atom. The normalized spacial score (nSPS) is 12.0. The molecule has 0 fully saturated rings. The highest BCUT2D eigenvalue weighted by Crippen LogP contribution is 2.36. The van der Waals surface area contributed by atoms with E-state index in [2.05, 4.69) is 47.4 Å². The summed E-state index contributed by atoms with van der Waals surface area (Å²) in [5, 5.41) is 9.50. The van der Waals surface area contributed by atoms with Crippen molar-refractivity contribution in [1.29, 1.82) is 0 Å². The number of rotatable bonds is 3. The van der Waals surface area contributed by atoms with Gasteiger partial charge in [-0.15, -0.1) is 0 Å². The van der Waals surface area contributed by atoms with E-state index in [1.807, 2.05) is 0 Å². The summed E-state index contributed by atoms with van der Waals surface area (Å²) in [5.74, 6) is 0.0214. The molecule has 23 heavy (non-hydrogen) atoms. The predicted octanol–water partition coefficient (Wildman–Crippen LogP) is 3.44. The van der Waals surface area contributed by atoms with E-state index >= 15 is 0 Å². The van der Waals surface area contributed by atoms with Crippen molar-refractivity contribution in [1.82, 2.24) is 4.98 Å². The van der Waals surface area contributed by atoms with Crippen molar-refractivity contribution in [3.8, 4) is 16.9 Å². The number of hydrogen-bond acceptors (Lipinski definition) is 2. The molecule has 3 nitrogen and oxygen atoms in total. The Hall–Kier alpha value is -2.81. The Bertz CT molecular complexity index is 940. The fourth-order valence-corrected chi connectivity index (χ4v) is 3.35. The summed E-state index contributed by atoms with van der Waals surface area (Å²) in [6, 6.07) is 18.0. The Kier molecular flexibility index (Phi) is 3.27. The van der Waals surface area contributed by atoms with E-state index in [4.69, 9.17) is 0 Å². The maximum Gasteiger partial charge on any atom is 0.251 e. The van der Waals surface area contributed by atoms with Crippen molar-refractivity contribution < 1.29 is 5.11 Å². The summed E-state index contributed by atoms with van der Waals surface area (Å²) < 4.78 is 0. The van der Waals surface area contributed by atoms with Gasteiger partial charge in [0.05, 0.1) is 0 Å². The van der Waals surface area contributed by atoms with Crippen LogP contribution in [0.4, 0.5) is 0 Å². The molecule has 0 saturated heterocycles. The van der Waals surface area contributed by atoms with Gasteiger partial charge in [0.25, 0.3) is 5.56 Å². The molecule has 0 bridgehead atoms. The number of hydrogen-bond donors (Lipinski definition) is 2. The molecule has 4 rings (SSSR count). The molecule has 3 heteroatoms. The number of aromatic nitrogens is 1. The van der Waals surface area contributed by atoms with Gasteiger partial charge in [-0.3, -0.25) is 4.79 Å². The molecule has 1 aromatic heterocycles. The van der Waals surface area contributed by atoms with Crippen LogP contribution in [-0.2, 0) is 19.3 Å². The molecule has 0 amide bonds. The molecule has 2 aromatic carbocycles. The van der Waals surface area contributed by atoms with Gasteiger partial charge in [-0.05, 0) is 53.1 Å². The first-order chi connectivity index (χ1) is 11.2. The molecule has 0 radical (unpaired) electrons. The fraction of sp³-hybridized carbons (Fsp3) is 0.150. The van der Waals surface area contributed by atoms with Gasteiger partial charge in [0.15, 0.2) is 0 Å². The molecule has 0 unspecified atom stereocenters. The van der Waals surface area contributed by atoms with Crippen LogP contribution in [0, 0.1) is 0 Å². The zero-order valence-electron chi connectivity index (χ0n) is 12.7. The van der Waals surface area contributed by atoms with Crippen molar-refractivity contribution in [2.45, 2.75) is 19.3 Å². The Balaban J connectivity index is 1.56. The van der Waals surface area contributed by atoms with Gasteiger partial charge in [-0.25, -0.2) is 0 Å². The molecule has 0 spiro atoms. The quantitative estimate of drug-likeness (QED) is 0.609. The molecular weight excluding hydrogens is 286 g/mol. The van der Waals surface area contributed by atoms with E-state index in [-0.39, 0.29) is 11.3 Å². The number of pyridine rings is 1. The topological polar surface area (TPSA) is 53.1 Å². The second kappa shape index (κ2) is 5.43. The summed E-state index contributed by atoms with van der Waals surface area (Å²) in [6.45, 7) is 0. The number of aromatic amines is 1. The van der Waals surface area contributed by atoms with Crippen LogP contribution in [0.2, 0.25) is 0 Å². The van der Waals surface area contributed by atoms with E-state index in [1.54, 1.807) is 6.07 Å². The Morgan fingerprint density at radius 2 is 1.74 bits per heavy atom. The lowest BCUT2D eigenvalue weighted by molar-refractivity contribution is 0.472. The minimum Gasteiger partial charge on any atom is -0.508 e. The minimum atomic E-state index is -0.260. The fourth-order valence-electron chi connectivity index (χ4n) is 3.35. The number of H-pyrrole nitrogens is 1. The first-order valence-corrected chi connectivity index (χ1v) is 7.81. The molecule has 0 saturated carbocycles. The molecule has 1 aliphatic rings. The first kappa shape index (κ1) is 13.8. The molecule has 0 aliphatic heterocycles. The lowest BCUT2D eigenvalue weighted by Crippen LogP contribution is -2.07. The summed E-state index contributed by atoms with van der Waals surface area (Å²) in [6.07, 6.45) is 2.53. The number of benzene rings is 2. The van der Waals surface area contributed by atoms with Crippen molar-refractivity contribution in [3.63, 3.8) is 0 Å².